The second-order valence-electron chi connectivity index (χ2n) is 4.69. The molecule has 94 valence electrons. The summed E-state index contributed by atoms with van der Waals surface area (Å²) in [5.41, 5.74) is 6.95. The van der Waals surface area contributed by atoms with Crippen molar-refractivity contribution in [1.29, 1.82) is 0 Å². The van der Waals surface area contributed by atoms with Crippen molar-refractivity contribution in [1.82, 2.24) is 0 Å². The lowest BCUT2D eigenvalue weighted by Crippen LogP contribution is -2.35. The van der Waals surface area contributed by atoms with Crippen molar-refractivity contribution in [2.24, 2.45) is 11.7 Å². The van der Waals surface area contributed by atoms with E-state index >= 15 is 0 Å². The molecule has 1 aliphatic heterocycles. The van der Waals surface area contributed by atoms with Gasteiger partial charge in [0.1, 0.15) is 0 Å². The van der Waals surface area contributed by atoms with Gasteiger partial charge in [0.05, 0.1) is 6.10 Å². The summed E-state index contributed by atoms with van der Waals surface area (Å²) in [6, 6.07) is 10.1. The van der Waals surface area contributed by atoms with Gasteiger partial charge in [-0.2, -0.15) is 0 Å². The van der Waals surface area contributed by atoms with E-state index in [1.54, 1.807) is 0 Å². The number of aliphatic hydroxyl groups is 1. The van der Waals surface area contributed by atoms with E-state index in [1.165, 1.54) is 0 Å². The van der Waals surface area contributed by atoms with Gasteiger partial charge in [0.15, 0.2) is 0 Å². The second kappa shape index (κ2) is 6.15. The summed E-state index contributed by atoms with van der Waals surface area (Å²) >= 11 is 0. The molecule has 2 rings (SSSR count). The van der Waals surface area contributed by atoms with Crippen LogP contribution in [0.1, 0.15) is 24.3 Å². The molecule has 1 aliphatic rings. The van der Waals surface area contributed by atoms with E-state index < -0.39 is 0 Å². The molecule has 2 unspecified atom stereocenters. The van der Waals surface area contributed by atoms with Crippen molar-refractivity contribution >= 4 is 0 Å². The summed E-state index contributed by atoms with van der Waals surface area (Å²) in [4.78, 5) is 0. The standard InChI is InChI=1S/C14H21NO2/c15-10-13(11-4-2-1-3-5-11)14(16)12-6-8-17-9-7-12/h1-5,12-14,16H,6-10,15H2. The average Bonchev–Trinajstić information content (AvgIpc) is 2.42. The van der Waals surface area contributed by atoms with E-state index in [9.17, 15) is 5.11 Å². The van der Waals surface area contributed by atoms with E-state index in [1.807, 2.05) is 30.3 Å². The molecule has 1 saturated heterocycles. The largest absolute Gasteiger partial charge is 0.392 e. The van der Waals surface area contributed by atoms with Gasteiger partial charge >= 0.3 is 0 Å². The van der Waals surface area contributed by atoms with Crippen LogP contribution in [0.2, 0.25) is 0 Å². The molecule has 1 aromatic rings. The van der Waals surface area contributed by atoms with Gasteiger partial charge in [-0.1, -0.05) is 30.3 Å². The molecule has 0 amide bonds. The fourth-order valence-corrected chi connectivity index (χ4v) is 2.56. The quantitative estimate of drug-likeness (QED) is 0.832. The van der Waals surface area contributed by atoms with Crippen LogP contribution in [0.5, 0.6) is 0 Å². The Hall–Kier alpha value is -0.900. The molecule has 1 fully saturated rings. The number of nitrogens with two attached hydrogens (primary N) is 1. The molecular formula is C14H21NO2. The van der Waals surface area contributed by atoms with Crippen molar-refractivity contribution in [2.75, 3.05) is 19.8 Å². The van der Waals surface area contributed by atoms with E-state index in [0.29, 0.717) is 12.5 Å². The van der Waals surface area contributed by atoms with E-state index in [0.717, 1.165) is 31.6 Å². The molecule has 1 heterocycles. The number of ether oxygens (including phenoxy) is 1. The molecule has 3 N–H and O–H groups in total. The highest BCUT2D eigenvalue weighted by Gasteiger charge is 2.29. The van der Waals surface area contributed by atoms with Crippen LogP contribution in [0.3, 0.4) is 0 Å². The second-order valence-corrected chi connectivity index (χ2v) is 4.69. The third kappa shape index (κ3) is 3.06. The first kappa shape index (κ1) is 12.6. The SMILES string of the molecule is NCC(c1ccccc1)C(O)C1CCOCC1. The van der Waals surface area contributed by atoms with Crippen molar-refractivity contribution in [3.63, 3.8) is 0 Å². The molecule has 0 bridgehead atoms. The first-order valence-electron chi connectivity index (χ1n) is 6.33. The Morgan fingerprint density at radius 3 is 2.47 bits per heavy atom. The predicted octanol–water partition coefficient (Wildman–Crippen LogP) is 1.52. The van der Waals surface area contributed by atoms with Crippen LogP contribution in [-0.2, 0) is 4.74 Å². The lowest BCUT2D eigenvalue weighted by Gasteiger charge is -2.32. The molecule has 0 radical (unpaired) electrons. The average molecular weight is 235 g/mol. The van der Waals surface area contributed by atoms with Crippen LogP contribution in [-0.4, -0.2) is 31.0 Å². The predicted molar refractivity (Wildman–Crippen MR) is 67.8 cm³/mol. The molecular weight excluding hydrogens is 214 g/mol. The third-order valence-corrected chi connectivity index (χ3v) is 3.64. The minimum Gasteiger partial charge on any atom is -0.392 e. The summed E-state index contributed by atoms with van der Waals surface area (Å²) in [5.74, 6) is 0.358. The molecule has 0 saturated carbocycles. The van der Waals surface area contributed by atoms with Gasteiger partial charge < -0.3 is 15.6 Å². The van der Waals surface area contributed by atoms with Crippen LogP contribution >= 0.6 is 0 Å². The van der Waals surface area contributed by atoms with Crippen molar-refractivity contribution in [3.05, 3.63) is 35.9 Å². The Balaban J connectivity index is 2.07. The number of benzene rings is 1. The highest BCUT2D eigenvalue weighted by atomic mass is 16.5. The summed E-state index contributed by atoms with van der Waals surface area (Å²) in [6.45, 7) is 2.00. The Bertz CT molecular complexity index is 322. The topological polar surface area (TPSA) is 55.5 Å². The smallest absolute Gasteiger partial charge is 0.0650 e. The number of rotatable bonds is 4. The normalized spacial score (nSPS) is 21.1. The minimum atomic E-state index is -0.355. The van der Waals surface area contributed by atoms with Gasteiger partial charge in [-0.05, 0) is 24.3 Å². The molecule has 3 heteroatoms. The lowest BCUT2D eigenvalue weighted by molar-refractivity contribution is -0.00194. The molecule has 2 atom stereocenters. The number of hydrogen-bond acceptors (Lipinski definition) is 3. The molecule has 0 aliphatic carbocycles. The highest BCUT2D eigenvalue weighted by molar-refractivity contribution is 5.21. The zero-order chi connectivity index (χ0) is 12.1. The summed E-state index contributed by atoms with van der Waals surface area (Å²) in [6.07, 6.45) is 1.51. The van der Waals surface area contributed by atoms with Crippen LogP contribution in [0.4, 0.5) is 0 Å². The van der Waals surface area contributed by atoms with Gasteiger partial charge in [0, 0.05) is 25.7 Å². The Morgan fingerprint density at radius 2 is 1.88 bits per heavy atom. The lowest BCUT2D eigenvalue weighted by atomic mass is 9.82. The van der Waals surface area contributed by atoms with Crippen molar-refractivity contribution in [3.8, 4) is 0 Å². The minimum absolute atomic E-state index is 0.0410. The Morgan fingerprint density at radius 1 is 1.24 bits per heavy atom. The van der Waals surface area contributed by atoms with Gasteiger partial charge in [0.25, 0.3) is 0 Å². The monoisotopic (exact) mass is 235 g/mol. The third-order valence-electron chi connectivity index (χ3n) is 3.64. The zero-order valence-electron chi connectivity index (χ0n) is 10.1. The van der Waals surface area contributed by atoms with Crippen molar-refractivity contribution < 1.29 is 9.84 Å². The van der Waals surface area contributed by atoms with Gasteiger partial charge in [0.2, 0.25) is 0 Å². The Kier molecular flexibility index (Phi) is 4.54. The molecule has 0 spiro atoms. The molecule has 3 nitrogen and oxygen atoms in total. The van der Waals surface area contributed by atoms with E-state index in [-0.39, 0.29) is 12.0 Å². The van der Waals surface area contributed by atoms with Gasteiger partial charge in [-0.25, -0.2) is 0 Å². The maximum Gasteiger partial charge on any atom is 0.0650 e. The first-order valence-corrected chi connectivity index (χ1v) is 6.33. The van der Waals surface area contributed by atoms with Crippen LogP contribution in [0.15, 0.2) is 30.3 Å². The maximum atomic E-state index is 10.5. The summed E-state index contributed by atoms with van der Waals surface area (Å²) in [7, 11) is 0. The molecule has 1 aromatic carbocycles. The molecule has 17 heavy (non-hydrogen) atoms. The van der Waals surface area contributed by atoms with Gasteiger partial charge in [-0.15, -0.1) is 0 Å². The highest BCUT2D eigenvalue weighted by Crippen LogP contribution is 2.29. The first-order chi connectivity index (χ1) is 8.33. The van der Waals surface area contributed by atoms with E-state index in [4.69, 9.17) is 10.5 Å². The Labute approximate surface area is 103 Å². The summed E-state index contributed by atoms with van der Waals surface area (Å²) in [5, 5.41) is 10.5. The van der Waals surface area contributed by atoms with Gasteiger partial charge in [-0.3, -0.25) is 0 Å². The summed E-state index contributed by atoms with van der Waals surface area (Å²) < 4.78 is 5.33. The van der Waals surface area contributed by atoms with Crippen LogP contribution in [0.25, 0.3) is 0 Å². The van der Waals surface area contributed by atoms with E-state index in [2.05, 4.69) is 0 Å². The number of aliphatic hydroxyl groups excluding tert-OH is 1. The molecule has 0 aromatic heterocycles. The zero-order valence-corrected chi connectivity index (χ0v) is 10.1. The van der Waals surface area contributed by atoms with Crippen molar-refractivity contribution in [2.45, 2.75) is 24.9 Å². The fourth-order valence-electron chi connectivity index (χ4n) is 2.56. The van der Waals surface area contributed by atoms with Crippen LogP contribution < -0.4 is 5.73 Å². The fraction of sp³-hybridized carbons (Fsp3) is 0.571. The number of hydrogen-bond donors (Lipinski definition) is 2. The van der Waals surface area contributed by atoms with Crippen LogP contribution in [0, 0.1) is 5.92 Å². The maximum absolute atomic E-state index is 10.5.